The molecule has 96 valence electrons. The van der Waals surface area contributed by atoms with Crippen molar-refractivity contribution in [3.63, 3.8) is 0 Å². The molecule has 1 N–H and O–H groups in total. The summed E-state index contributed by atoms with van der Waals surface area (Å²) in [6.07, 6.45) is 2.76. The maximum Gasteiger partial charge on any atom is 0.0327 e. The highest BCUT2D eigenvalue weighted by molar-refractivity contribution is 7.09. The van der Waals surface area contributed by atoms with E-state index in [0.29, 0.717) is 12.0 Å². The van der Waals surface area contributed by atoms with Gasteiger partial charge in [-0.1, -0.05) is 13.0 Å². The Bertz CT molecular complexity index is 319. The van der Waals surface area contributed by atoms with Crippen LogP contribution in [0.5, 0.6) is 0 Å². The van der Waals surface area contributed by atoms with Gasteiger partial charge in [0.1, 0.15) is 0 Å². The van der Waals surface area contributed by atoms with Gasteiger partial charge in [0.15, 0.2) is 0 Å². The maximum absolute atomic E-state index is 3.63. The van der Waals surface area contributed by atoms with Gasteiger partial charge < -0.3 is 5.32 Å². The molecule has 0 spiro atoms. The molecule has 0 amide bonds. The molecule has 1 aliphatic rings. The molecule has 0 bridgehead atoms. The minimum absolute atomic E-state index is 0.628. The third-order valence-corrected chi connectivity index (χ3v) is 4.67. The fourth-order valence-corrected chi connectivity index (χ4v) is 2.80. The lowest BCUT2D eigenvalue weighted by atomic mass is 10.0. The lowest BCUT2D eigenvalue weighted by molar-refractivity contribution is 0.190. The van der Waals surface area contributed by atoms with Crippen LogP contribution in [0.1, 0.15) is 31.6 Å². The maximum atomic E-state index is 3.63. The lowest BCUT2D eigenvalue weighted by Gasteiger charge is -2.29. The fraction of sp³-hybridized carbons (Fsp3) is 0.714. The molecule has 2 atom stereocenters. The number of nitrogens with one attached hydrogen (secondary N) is 1. The minimum Gasteiger partial charge on any atom is -0.314 e. The molecule has 1 aromatic heterocycles. The molecular formula is C14H24N2S. The second-order valence-corrected chi connectivity index (χ2v) is 6.43. The second-order valence-electron chi connectivity index (χ2n) is 5.39. The van der Waals surface area contributed by atoms with E-state index in [1.165, 1.54) is 17.7 Å². The van der Waals surface area contributed by atoms with Crippen LogP contribution < -0.4 is 5.32 Å². The van der Waals surface area contributed by atoms with Crippen molar-refractivity contribution in [1.82, 2.24) is 10.2 Å². The zero-order valence-electron chi connectivity index (χ0n) is 11.1. The van der Waals surface area contributed by atoms with E-state index in [4.69, 9.17) is 0 Å². The van der Waals surface area contributed by atoms with E-state index in [2.05, 4.69) is 48.6 Å². The van der Waals surface area contributed by atoms with Gasteiger partial charge in [-0.15, -0.1) is 11.3 Å². The van der Waals surface area contributed by atoms with Gasteiger partial charge in [0.25, 0.3) is 0 Å². The normalized spacial score (nSPS) is 19.5. The molecule has 2 nitrogen and oxygen atoms in total. The van der Waals surface area contributed by atoms with Crippen LogP contribution in [0.2, 0.25) is 0 Å². The van der Waals surface area contributed by atoms with E-state index in [9.17, 15) is 0 Å². The van der Waals surface area contributed by atoms with Crippen molar-refractivity contribution in [3.8, 4) is 0 Å². The first-order valence-electron chi connectivity index (χ1n) is 6.63. The first-order valence-corrected chi connectivity index (χ1v) is 7.51. The Kier molecular flexibility index (Phi) is 4.60. The van der Waals surface area contributed by atoms with Gasteiger partial charge in [-0.2, -0.15) is 0 Å². The number of hydrogen-bond acceptors (Lipinski definition) is 3. The predicted molar refractivity (Wildman–Crippen MR) is 75.4 cm³/mol. The molecule has 17 heavy (non-hydrogen) atoms. The molecule has 1 aliphatic carbocycles. The average molecular weight is 252 g/mol. The summed E-state index contributed by atoms with van der Waals surface area (Å²) < 4.78 is 0. The zero-order valence-corrected chi connectivity index (χ0v) is 12.0. The first kappa shape index (κ1) is 13.1. The van der Waals surface area contributed by atoms with E-state index in [1.807, 2.05) is 11.3 Å². The second kappa shape index (κ2) is 5.98. The van der Waals surface area contributed by atoms with Gasteiger partial charge in [-0.3, -0.25) is 4.90 Å². The smallest absolute Gasteiger partial charge is 0.0327 e. The first-order chi connectivity index (χ1) is 8.16. The van der Waals surface area contributed by atoms with E-state index in [1.54, 1.807) is 0 Å². The van der Waals surface area contributed by atoms with E-state index in [-0.39, 0.29) is 0 Å². The van der Waals surface area contributed by atoms with Crippen LogP contribution >= 0.6 is 11.3 Å². The molecule has 1 fully saturated rings. The van der Waals surface area contributed by atoms with Crippen molar-refractivity contribution >= 4 is 11.3 Å². The average Bonchev–Trinajstić information content (AvgIpc) is 3.02. The summed E-state index contributed by atoms with van der Waals surface area (Å²) in [7, 11) is 2.23. The molecule has 3 heteroatoms. The Labute approximate surface area is 109 Å². The van der Waals surface area contributed by atoms with Gasteiger partial charge in [0, 0.05) is 23.5 Å². The van der Waals surface area contributed by atoms with Gasteiger partial charge in [-0.05, 0) is 50.7 Å². The van der Waals surface area contributed by atoms with Crippen molar-refractivity contribution in [2.45, 2.75) is 45.3 Å². The van der Waals surface area contributed by atoms with E-state index < -0.39 is 0 Å². The highest BCUT2D eigenvalue weighted by Crippen LogP contribution is 2.20. The number of nitrogens with zero attached hydrogens (tertiary/aromatic N) is 1. The molecule has 0 aliphatic heterocycles. The SMILES string of the molecule is CC(CNC1CC1)C(C)N(C)Cc1cccs1. The Morgan fingerprint density at radius 3 is 2.82 bits per heavy atom. The number of rotatable bonds is 7. The third kappa shape index (κ3) is 4.09. The summed E-state index contributed by atoms with van der Waals surface area (Å²) in [5, 5.41) is 5.79. The van der Waals surface area contributed by atoms with Crippen LogP contribution in [0.3, 0.4) is 0 Å². The standard InChI is InChI=1S/C14H24N2S/c1-11(9-15-13-6-7-13)12(2)16(3)10-14-5-4-8-17-14/h4-5,8,11-13,15H,6-7,9-10H2,1-3H3. The van der Waals surface area contributed by atoms with Crippen LogP contribution in [0.15, 0.2) is 17.5 Å². The third-order valence-electron chi connectivity index (χ3n) is 3.81. The van der Waals surface area contributed by atoms with Crippen LogP contribution in [-0.2, 0) is 6.54 Å². The van der Waals surface area contributed by atoms with Crippen molar-refractivity contribution < 1.29 is 0 Å². The summed E-state index contributed by atoms with van der Waals surface area (Å²) in [5.41, 5.74) is 0. The number of hydrogen-bond donors (Lipinski definition) is 1. The number of thiophene rings is 1. The van der Waals surface area contributed by atoms with Crippen LogP contribution in [-0.4, -0.2) is 30.6 Å². The summed E-state index contributed by atoms with van der Waals surface area (Å²) in [4.78, 5) is 3.92. The molecule has 2 unspecified atom stereocenters. The summed E-state index contributed by atoms with van der Waals surface area (Å²) in [6, 6.07) is 5.81. The van der Waals surface area contributed by atoms with Crippen molar-refractivity contribution in [1.29, 1.82) is 0 Å². The van der Waals surface area contributed by atoms with E-state index in [0.717, 1.165) is 19.1 Å². The minimum atomic E-state index is 0.628. The van der Waals surface area contributed by atoms with E-state index >= 15 is 0 Å². The van der Waals surface area contributed by atoms with Crippen LogP contribution in [0.4, 0.5) is 0 Å². The molecule has 1 heterocycles. The Morgan fingerprint density at radius 2 is 2.24 bits per heavy atom. The van der Waals surface area contributed by atoms with Gasteiger partial charge in [0.2, 0.25) is 0 Å². The predicted octanol–water partition coefficient (Wildman–Crippen LogP) is 2.96. The monoisotopic (exact) mass is 252 g/mol. The van der Waals surface area contributed by atoms with Crippen molar-refractivity contribution in [2.24, 2.45) is 5.92 Å². The molecule has 0 saturated heterocycles. The molecule has 0 aromatic carbocycles. The largest absolute Gasteiger partial charge is 0.314 e. The molecule has 1 saturated carbocycles. The highest BCUT2D eigenvalue weighted by atomic mass is 32.1. The molecule has 2 rings (SSSR count). The summed E-state index contributed by atoms with van der Waals surface area (Å²) in [5.74, 6) is 0.709. The van der Waals surface area contributed by atoms with Gasteiger partial charge >= 0.3 is 0 Å². The Balaban J connectivity index is 1.74. The molecule has 0 radical (unpaired) electrons. The van der Waals surface area contributed by atoms with Crippen LogP contribution in [0.25, 0.3) is 0 Å². The van der Waals surface area contributed by atoms with Gasteiger partial charge in [-0.25, -0.2) is 0 Å². The fourth-order valence-electron chi connectivity index (χ4n) is 2.04. The zero-order chi connectivity index (χ0) is 12.3. The lowest BCUT2D eigenvalue weighted by Crippen LogP contribution is -2.38. The summed E-state index contributed by atoms with van der Waals surface area (Å²) in [6.45, 7) is 6.92. The summed E-state index contributed by atoms with van der Waals surface area (Å²) >= 11 is 1.85. The Hall–Kier alpha value is -0.380. The van der Waals surface area contributed by atoms with Crippen LogP contribution in [0, 0.1) is 5.92 Å². The molecular weight excluding hydrogens is 228 g/mol. The highest BCUT2D eigenvalue weighted by Gasteiger charge is 2.23. The topological polar surface area (TPSA) is 15.3 Å². The van der Waals surface area contributed by atoms with Crippen molar-refractivity contribution in [2.75, 3.05) is 13.6 Å². The quantitative estimate of drug-likeness (QED) is 0.802. The molecule has 1 aromatic rings. The van der Waals surface area contributed by atoms with Crippen molar-refractivity contribution in [3.05, 3.63) is 22.4 Å². The van der Waals surface area contributed by atoms with Gasteiger partial charge in [0.05, 0.1) is 0 Å². The Morgan fingerprint density at radius 1 is 1.47 bits per heavy atom.